The fourth-order valence-electron chi connectivity index (χ4n) is 4.86. The van der Waals surface area contributed by atoms with Crippen LogP contribution in [0.3, 0.4) is 0 Å². The summed E-state index contributed by atoms with van der Waals surface area (Å²) in [4.78, 5) is 33.2. The molecule has 1 spiro atoms. The van der Waals surface area contributed by atoms with E-state index >= 15 is 0 Å². The van der Waals surface area contributed by atoms with Gasteiger partial charge in [0.05, 0.1) is 6.42 Å². The topological polar surface area (TPSA) is 74.2 Å². The van der Waals surface area contributed by atoms with E-state index in [1.165, 1.54) is 6.42 Å². The Morgan fingerprint density at radius 1 is 1.00 bits per heavy atom. The van der Waals surface area contributed by atoms with Gasteiger partial charge in [0.2, 0.25) is 11.6 Å². The molecular formula is C15H22O6. The van der Waals surface area contributed by atoms with Crippen molar-refractivity contribution in [2.24, 2.45) is 23.7 Å². The van der Waals surface area contributed by atoms with E-state index < -0.39 is 17.5 Å². The van der Waals surface area contributed by atoms with Gasteiger partial charge in [-0.2, -0.15) is 19.6 Å². The number of hydrogen-bond acceptors (Lipinski definition) is 5. The molecule has 5 fully saturated rings. The third-order valence-electron chi connectivity index (χ3n) is 5.77. The summed E-state index contributed by atoms with van der Waals surface area (Å²) in [5.74, 6) is -0.542. The maximum atomic E-state index is 10.7. The van der Waals surface area contributed by atoms with Crippen molar-refractivity contribution >= 4 is 5.97 Å². The Morgan fingerprint density at radius 2 is 1.52 bits per heavy atom. The van der Waals surface area contributed by atoms with Gasteiger partial charge in [-0.05, 0) is 50.9 Å². The summed E-state index contributed by atoms with van der Waals surface area (Å²) < 4.78 is 0. The lowest BCUT2D eigenvalue weighted by molar-refractivity contribution is -0.675. The Morgan fingerprint density at radius 3 is 2.00 bits per heavy atom. The smallest absolute Gasteiger partial charge is 0.303 e. The number of aliphatic carboxylic acids is 1. The highest BCUT2D eigenvalue weighted by molar-refractivity contribution is 5.66. The van der Waals surface area contributed by atoms with E-state index in [9.17, 15) is 4.79 Å². The molecule has 4 bridgehead atoms. The second-order valence-corrected chi connectivity index (χ2v) is 7.39. The van der Waals surface area contributed by atoms with Crippen LogP contribution in [0.1, 0.15) is 51.9 Å². The number of carboxylic acids is 1. The lowest BCUT2D eigenvalue weighted by Crippen LogP contribution is -2.64. The Labute approximate surface area is 123 Å². The molecular weight excluding hydrogens is 276 g/mol. The standard InChI is InChI=1S/C15H22O6/c1-14(3-2-13(16)17)18-20-15(21-19-14)11-5-9-4-10(7-11)8-12(15)6-9/h9-12H,2-8H2,1H3,(H,16,17)/t9-,10+,11-,12+,14?,15?. The first-order chi connectivity index (χ1) is 9.99. The zero-order chi connectivity index (χ0) is 14.7. The largest absolute Gasteiger partial charge is 0.481 e. The third kappa shape index (κ3) is 2.20. The van der Waals surface area contributed by atoms with Crippen LogP contribution >= 0.6 is 0 Å². The molecule has 5 aliphatic rings. The molecule has 0 atom stereocenters. The molecule has 0 unspecified atom stereocenters. The fourth-order valence-corrected chi connectivity index (χ4v) is 4.86. The van der Waals surface area contributed by atoms with Gasteiger partial charge in [-0.1, -0.05) is 0 Å². The number of hydrogen-bond donors (Lipinski definition) is 1. The van der Waals surface area contributed by atoms with E-state index in [-0.39, 0.29) is 12.8 Å². The Hall–Kier alpha value is -0.690. The van der Waals surface area contributed by atoms with Crippen molar-refractivity contribution in [3.05, 3.63) is 0 Å². The molecule has 1 N–H and O–H groups in total. The summed E-state index contributed by atoms with van der Waals surface area (Å²) in [5.41, 5.74) is 0. The molecule has 0 aromatic heterocycles. The third-order valence-corrected chi connectivity index (χ3v) is 5.77. The van der Waals surface area contributed by atoms with E-state index in [4.69, 9.17) is 24.7 Å². The molecule has 1 aliphatic heterocycles. The zero-order valence-electron chi connectivity index (χ0n) is 12.2. The molecule has 4 saturated carbocycles. The Kier molecular flexibility index (Phi) is 3.09. The van der Waals surface area contributed by atoms with Gasteiger partial charge in [0.25, 0.3) is 0 Å². The molecule has 0 radical (unpaired) electrons. The fraction of sp³-hybridized carbons (Fsp3) is 0.933. The van der Waals surface area contributed by atoms with Crippen molar-refractivity contribution < 1.29 is 29.5 Å². The van der Waals surface area contributed by atoms with Gasteiger partial charge in [0.1, 0.15) is 0 Å². The van der Waals surface area contributed by atoms with Gasteiger partial charge in [-0.15, -0.1) is 0 Å². The van der Waals surface area contributed by atoms with Gasteiger partial charge in [-0.3, -0.25) is 4.79 Å². The lowest BCUT2D eigenvalue weighted by Gasteiger charge is -2.60. The molecule has 6 nitrogen and oxygen atoms in total. The molecule has 0 amide bonds. The molecule has 0 aromatic rings. The first kappa shape index (κ1) is 13.9. The minimum atomic E-state index is -1.14. The predicted octanol–water partition coefficient (Wildman–Crippen LogP) is 2.63. The second kappa shape index (κ2) is 4.65. The lowest BCUT2D eigenvalue weighted by atomic mass is 9.53. The summed E-state index contributed by atoms with van der Waals surface area (Å²) in [5, 5.41) is 8.77. The maximum Gasteiger partial charge on any atom is 0.303 e. The van der Waals surface area contributed by atoms with Crippen LogP contribution in [-0.4, -0.2) is 22.7 Å². The monoisotopic (exact) mass is 298 g/mol. The van der Waals surface area contributed by atoms with Crippen LogP contribution in [0.15, 0.2) is 0 Å². The highest BCUT2D eigenvalue weighted by Gasteiger charge is 2.64. The normalized spacial score (nSPS) is 51.5. The SMILES string of the molecule is CC1(CCC(=O)O)OOC2(OO1)[C@H]1C[C@@H]3C[C@@H](C[C@H]2C3)C1. The van der Waals surface area contributed by atoms with Crippen molar-refractivity contribution in [1.29, 1.82) is 0 Å². The zero-order valence-corrected chi connectivity index (χ0v) is 12.2. The molecule has 21 heavy (non-hydrogen) atoms. The molecule has 1 saturated heterocycles. The summed E-state index contributed by atoms with van der Waals surface area (Å²) >= 11 is 0. The quantitative estimate of drug-likeness (QED) is 0.807. The van der Waals surface area contributed by atoms with Crippen LogP contribution in [0.25, 0.3) is 0 Å². The first-order valence-corrected chi connectivity index (χ1v) is 7.94. The number of carboxylic acid groups (broad SMARTS) is 1. The maximum absolute atomic E-state index is 10.7. The molecule has 4 aliphatic carbocycles. The molecule has 5 rings (SSSR count). The van der Waals surface area contributed by atoms with Crippen LogP contribution in [-0.2, 0) is 24.3 Å². The van der Waals surface area contributed by atoms with Gasteiger partial charge in [-0.25, -0.2) is 0 Å². The van der Waals surface area contributed by atoms with Crippen molar-refractivity contribution in [2.45, 2.75) is 63.4 Å². The Bertz CT molecular complexity index is 409. The van der Waals surface area contributed by atoms with E-state index in [2.05, 4.69) is 0 Å². The summed E-state index contributed by atoms with van der Waals surface area (Å²) in [7, 11) is 0. The Balaban J connectivity index is 1.46. The van der Waals surface area contributed by atoms with Gasteiger partial charge in [0, 0.05) is 18.3 Å². The molecule has 6 heteroatoms. The number of carbonyl (C=O) groups is 1. The first-order valence-electron chi connectivity index (χ1n) is 7.94. The minimum Gasteiger partial charge on any atom is -0.481 e. The molecule has 0 aromatic carbocycles. The van der Waals surface area contributed by atoms with Crippen molar-refractivity contribution in [2.75, 3.05) is 0 Å². The second-order valence-electron chi connectivity index (χ2n) is 7.39. The minimum absolute atomic E-state index is 0.0484. The summed E-state index contributed by atoms with van der Waals surface area (Å²) in [6.07, 6.45) is 5.96. The summed E-state index contributed by atoms with van der Waals surface area (Å²) in [6, 6.07) is 0. The van der Waals surface area contributed by atoms with Crippen LogP contribution in [0, 0.1) is 23.7 Å². The van der Waals surface area contributed by atoms with Crippen molar-refractivity contribution in [3.63, 3.8) is 0 Å². The van der Waals surface area contributed by atoms with Crippen LogP contribution < -0.4 is 0 Å². The highest BCUT2D eigenvalue weighted by atomic mass is 17.4. The van der Waals surface area contributed by atoms with Crippen LogP contribution in [0.4, 0.5) is 0 Å². The molecule has 118 valence electrons. The average Bonchev–Trinajstić information content (AvgIpc) is 2.44. The van der Waals surface area contributed by atoms with E-state index in [0.29, 0.717) is 11.8 Å². The average molecular weight is 298 g/mol. The summed E-state index contributed by atoms with van der Waals surface area (Å²) in [6.45, 7) is 1.65. The van der Waals surface area contributed by atoms with E-state index in [0.717, 1.165) is 37.5 Å². The molecule has 1 heterocycles. The van der Waals surface area contributed by atoms with Gasteiger partial charge in [0.15, 0.2) is 0 Å². The van der Waals surface area contributed by atoms with Gasteiger partial charge >= 0.3 is 5.97 Å². The van der Waals surface area contributed by atoms with Crippen molar-refractivity contribution in [3.8, 4) is 0 Å². The predicted molar refractivity (Wildman–Crippen MR) is 69.4 cm³/mol. The van der Waals surface area contributed by atoms with Crippen LogP contribution in [0.2, 0.25) is 0 Å². The van der Waals surface area contributed by atoms with Gasteiger partial charge < -0.3 is 5.11 Å². The van der Waals surface area contributed by atoms with E-state index in [1.807, 2.05) is 0 Å². The number of rotatable bonds is 3. The van der Waals surface area contributed by atoms with E-state index in [1.54, 1.807) is 6.92 Å². The highest BCUT2D eigenvalue weighted by Crippen LogP contribution is 2.61. The van der Waals surface area contributed by atoms with Crippen LogP contribution in [0.5, 0.6) is 0 Å². The van der Waals surface area contributed by atoms with Crippen molar-refractivity contribution in [1.82, 2.24) is 0 Å².